The number of rotatable bonds is 3. The summed E-state index contributed by atoms with van der Waals surface area (Å²) >= 11 is 0. The van der Waals surface area contributed by atoms with Crippen LogP contribution in [0.5, 0.6) is 0 Å². The summed E-state index contributed by atoms with van der Waals surface area (Å²) < 4.78 is 5.05. The number of nitrogen functional groups attached to an aromatic ring is 1. The summed E-state index contributed by atoms with van der Waals surface area (Å²) in [6.07, 6.45) is 5.60. The van der Waals surface area contributed by atoms with Gasteiger partial charge in [-0.25, -0.2) is 4.79 Å². The van der Waals surface area contributed by atoms with Crippen LogP contribution in [0.4, 0.5) is 11.4 Å². The number of benzene rings is 1. The molecule has 2 aliphatic carbocycles. The predicted octanol–water partition coefficient (Wildman–Crippen LogP) is 2.58. The molecule has 3 N–H and O–H groups in total. The number of hydrogen-bond acceptors (Lipinski definition) is 4. The number of oxazole rings is 1. The van der Waals surface area contributed by atoms with Gasteiger partial charge in [0.05, 0.1) is 16.9 Å². The monoisotopic (exact) mass is 287 g/mol. The molecule has 5 nitrogen and oxygen atoms in total. The first-order valence-electron chi connectivity index (χ1n) is 7.73. The van der Waals surface area contributed by atoms with Crippen LogP contribution in [-0.2, 0) is 0 Å². The summed E-state index contributed by atoms with van der Waals surface area (Å²) in [5, 5.41) is 0. The number of anilines is 2. The molecule has 0 saturated heterocycles. The number of hydrogen-bond donors (Lipinski definition) is 2. The van der Waals surface area contributed by atoms with Crippen molar-refractivity contribution < 1.29 is 4.42 Å². The predicted molar refractivity (Wildman–Crippen MR) is 83.5 cm³/mol. The Morgan fingerprint density at radius 3 is 2.95 bits per heavy atom. The first-order chi connectivity index (χ1) is 10.1. The lowest BCUT2D eigenvalue weighted by Gasteiger charge is -2.29. The normalized spacial score (nSPS) is 27.6. The average Bonchev–Trinajstić information content (AvgIpc) is 3.11. The van der Waals surface area contributed by atoms with Gasteiger partial charge in [-0.3, -0.25) is 4.98 Å². The van der Waals surface area contributed by atoms with Crippen LogP contribution in [-0.4, -0.2) is 18.6 Å². The molecule has 112 valence electrons. The van der Waals surface area contributed by atoms with Crippen LogP contribution in [0.25, 0.3) is 11.1 Å². The van der Waals surface area contributed by atoms with Gasteiger partial charge < -0.3 is 15.1 Å². The fourth-order valence-electron chi connectivity index (χ4n) is 4.38. The second-order valence-corrected chi connectivity index (χ2v) is 6.74. The second-order valence-electron chi connectivity index (χ2n) is 6.74. The smallest absolute Gasteiger partial charge is 0.408 e. The summed E-state index contributed by atoms with van der Waals surface area (Å²) in [4.78, 5) is 16.2. The van der Waals surface area contributed by atoms with Crippen molar-refractivity contribution in [2.24, 2.45) is 17.8 Å². The number of aromatic amines is 1. The molecule has 1 aromatic heterocycles. The van der Waals surface area contributed by atoms with E-state index in [1.54, 1.807) is 6.07 Å². The molecule has 2 aromatic rings. The first-order valence-corrected chi connectivity index (χ1v) is 7.73. The van der Waals surface area contributed by atoms with Gasteiger partial charge in [-0.05, 0) is 43.1 Å². The van der Waals surface area contributed by atoms with Crippen molar-refractivity contribution in [3.8, 4) is 0 Å². The highest BCUT2D eigenvalue weighted by Crippen LogP contribution is 2.48. The van der Waals surface area contributed by atoms with E-state index in [-0.39, 0.29) is 0 Å². The molecule has 4 rings (SSSR count). The Kier molecular flexibility index (Phi) is 2.77. The van der Waals surface area contributed by atoms with Gasteiger partial charge in [0.2, 0.25) is 0 Å². The molecular formula is C16H21N3O2. The fourth-order valence-corrected chi connectivity index (χ4v) is 4.38. The molecule has 3 unspecified atom stereocenters. The van der Waals surface area contributed by atoms with E-state index in [1.807, 2.05) is 6.07 Å². The molecule has 1 heterocycles. The Bertz CT molecular complexity index is 733. The van der Waals surface area contributed by atoms with Gasteiger partial charge in [0.25, 0.3) is 0 Å². The van der Waals surface area contributed by atoms with Crippen molar-refractivity contribution in [3.05, 3.63) is 22.7 Å². The van der Waals surface area contributed by atoms with Gasteiger partial charge in [0, 0.05) is 19.7 Å². The van der Waals surface area contributed by atoms with Crippen LogP contribution in [0, 0.1) is 17.8 Å². The van der Waals surface area contributed by atoms with Crippen LogP contribution < -0.4 is 16.4 Å². The maximum Gasteiger partial charge on any atom is 0.417 e. The van der Waals surface area contributed by atoms with Crippen molar-refractivity contribution in [3.63, 3.8) is 0 Å². The second kappa shape index (κ2) is 4.55. The van der Waals surface area contributed by atoms with E-state index in [0.717, 1.165) is 30.0 Å². The third kappa shape index (κ3) is 2.11. The minimum absolute atomic E-state index is 0.433. The fraction of sp³-hybridized carbons (Fsp3) is 0.562. The van der Waals surface area contributed by atoms with Gasteiger partial charge in [-0.15, -0.1) is 0 Å². The van der Waals surface area contributed by atoms with E-state index in [2.05, 4.69) is 16.9 Å². The van der Waals surface area contributed by atoms with E-state index in [0.29, 0.717) is 16.8 Å². The molecule has 2 fully saturated rings. The highest BCUT2D eigenvalue weighted by molar-refractivity contribution is 5.85. The third-order valence-electron chi connectivity index (χ3n) is 5.37. The van der Waals surface area contributed by atoms with Crippen molar-refractivity contribution in [2.45, 2.75) is 25.7 Å². The Hall–Kier alpha value is -1.91. The molecular weight excluding hydrogens is 266 g/mol. The lowest BCUT2D eigenvalue weighted by molar-refractivity contribution is 0.337. The number of aromatic nitrogens is 1. The molecule has 0 amide bonds. The summed E-state index contributed by atoms with van der Waals surface area (Å²) in [7, 11) is 2.09. The van der Waals surface area contributed by atoms with Gasteiger partial charge in [0.15, 0.2) is 5.58 Å². The van der Waals surface area contributed by atoms with Gasteiger partial charge >= 0.3 is 5.76 Å². The minimum Gasteiger partial charge on any atom is -0.408 e. The van der Waals surface area contributed by atoms with Gasteiger partial charge in [-0.1, -0.05) is 6.42 Å². The SMILES string of the molecule is CN(CC1CC2CCC1C2)c1cc2[nH]c(=O)oc2cc1N. The molecule has 3 atom stereocenters. The molecule has 2 aliphatic rings. The summed E-state index contributed by atoms with van der Waals surface area (Å²) in [6, 6.07) is 3.66. The number of H-pyrrole nitrogens is 1. The van der Waals surface area contributed by atoms with Crippen molar-refractivity contribution >= 4 is 22.5 Å². The summed E-state index contributed by atoms with van der Waals surface area (Å²) in [5.41, 5.74) is 9.00. The maximum absolute atomic E-state index is 11.3. The Morgan fingerprint density at radius 2 is 2.24 bits per heavy atom. The largest absolute Gasteiger partial charge is 0.417 e. The lowest BCUT2D eigenvalue weighted by atomic mass is 9.88. The molecule has 1 aromatic carbocycles. The lowest BCUT2D eigenvalue weighted by Crippen LogP contribution is -2.29. The van der Waals surface area contributed by atoms with Crippen LogP contribution in [0.2, 0.25) is 0 Å². The Morgan fingerprint density at radius 1 is 1.38 bits per heavy atom. The Labute approximate surface area is 123 Å². The molecule has 0 radical (unpaired) electrons. The van der Waals surface area contributed by atoms with Crippen LogP contribution in [0.1, 0.15) is 25.7 Å². The number of nitrogens with zero attached hydrogens (tertiary/aromatic N) is 1. The van der Waals surface area contributed by atoms with Crippen LogP contribution in [0.15, 0.2) is 21.3 Å². The molecule has 0 aliphatic heterocycles. The molecule has 2 bridgehead atoms. The van der Waals surface area contributed by atoms with E-state index < -0.39 is 5.76 Å². The van der Waals surface area contributed by atoms with Gasteiger partial charge in [0.1, 0.15) is 0 Å². The van der Waals surface area contributed by atoms with E-state index in [9.17, 15) is 4.79 Å². The zero-order valence-corrected chi connectivity index (χ0v) is 12.3. The third-order valence-corrected chi connectivity index (χ3v) is 5.37. The topological polar surface area (TPSA) is 75.3 Å². The number of nitrogens with two attached hydrogens (primary N) is 1. The summed E-state index contributed by atoms with van der Waals surface area (Å²) in [5.74, 6) is 2.21. The maximum atomic E-state index is 11.3. The minimum atomic E-state index is -0.433. The zero-order chi connectivity index (χ0) is 14.6. The molecule has 5 heteroatoms. The van der Waals surface area contributed by atoms with Crippen LogP contribution in [0.3, 0.4) is 0 Å². The van der Waals surface area contributed by atoms with Crippen molar-refractivity contribution in [2.75, 3.05) is 24.2 Å². The van der Waals surface area contributed by atoms with Crippen molar-refractivity contribution in [1.29, 1.82) is 0 Å². The average molecular weight is 287 g/mol. The van der Waals surface area contributed by atoms with Gasteiger partial charge in [-0.2, -0.15) is 0 Å². The molecule has 0 spiro atoms. The zero-order valence-electron chi connectivity index (χ0n) is 12.3. The van der Waals surface area contributed by atoms with Crippen LogP contribution >= 0.6 is 0 Å². The van der Waals surface area contributed by atoms with E-state index in [1.165, 1.54) is 25.7 Å². The summed E-state index contributed by atoms with van der Waals surface area (Å²) in [6.45, 7) is 1.04. The van der Waals surface area contributed by atoms with E-state index >= 15 is 0 Å². The highest BCUT2D eigenvalue weighted by Gasteiger charge is 2.39. The number of fused-ring (bicyclic) bond motifs is 3. The standard InChI is InChI=1S/C16H21N3O2/c1-19(8-11-5-9-2-3-10(11)4-9)14-7-13-15(6-12(14)17)21-16(20)18-13/h6-7,9-11H,2-5,8,17H2,1H3,(H,18,20). The Balaban J connectivity index is 1.59. The number of nitrogens with one attached hydrogen (secondary N) is 1. The highest BCUT2D eigenvalue weighted by atomic mass is 16.4. The molecule has 21 heavy (non-hydrogen) atoms. The van der Waals surface area contributed by atoms with E-state index in [4.69, 9.17) is 10.2 Å². The van der Waals surface area contributed by atoms with Crippen molar-refractivity contribution in [1.82, 2.24) is 4.98 Å². The first kappa shape index (κ1) is 12.8. The quantitative estimate of drug-likeness (QED) is 0.851. The molecule has 2 saturated carbocycles.